The third-order valence-electron chi connectivity index (χ3n) is 4.42. The molecule has 0 saturated heterocycles. The summed E-state index contributed by atoms with van der Waals surface area (Å²) >= 11 is 0. The van der Waals surface area contributed by atoms with Crippen LogP contribution in [0.5, 0.6) is 5.75 Å². The van der Waals surface area contributed by atoms with Crippen molar-refractivity contribution in [1.82, 2.24) is 4.90 Å². The normalized spacial score (nSPS) is 10.7. The van der Waals surface area contributed by atoms with Crippen molar-refractivity contribution in [3.8, 4) is 5.75 Å². The molecule has 0 atom stereocenters. The van der Waals surface area contributed by atoms with Crippen molar-refractivity contribution >= 4 is 22.7 Å². The Morgan fingerprint density at radius 2 is 1.97 bits per heavy atom. The molecule has 1 heterocycles. The van der Waals surface area contributed by atoms with Crippen LogP contribution in [0.15, 0.2) is 56.9 Å². The molecule has 1 N–H and O–H groups in total. The van der Waals surface area contributed by atoms with Crippen LogP contribution in [0.1, 0.15) is 16.7 Å². The molecule has 1 aromatic heterocycles. The molecule has 0 unspecified atom stereocenters. The zero-order chi connectivity index (χ0) is 21.0. The molecule has 0 aliphatic rings. The second-order valence-corrected chi connectivity index (χ2v) is 6.68. The number of carbonyl (C=O) groups is 1. The molecule has 29 heavy (non-hydrogen) atoms. The maximum absolute atomic E-state index is 12.7. The van der Waals surface area contributed by atoms with Gasteiger partial charge in [-0.3, -0.25) is 0 Å². The monoisotopic (exact) mass is 396 g/mol. The summed E-state index contributed by atoms with van der Waals surface area (Å²) in [5, 5.41) is 13.1. The van der Waals surface area contributed by atoms with Gasteiger partial charge in [0.2, 0.25) is 0 Å². The van der Waals surface area contributed by atoms with Crippen LogP contribution in [0, 0.1) is 4.91 Å². The molecule has 0 aliphatic carbocycles. The van der Waals surface area contributed by atoms with Gasteiger partial charge in [-0.1, -0.05) is 12.1 Å². The number of hydrogen-bond donors (Lipinski definition) is 1. The number of benzene rings is 2. The molecule has 1 amide bonds. The number of aliphatic hydroxyl groups excluding tert-OH is 1. The number of rotatable bonds is 6. The van der Waals surface area contributed by atoms with E-state index in [9.17, 15) is 19.6 Å². The SMILES string of the molecule is CN(C)C(=O)Oc1ccc2c(CCO)c(Cc3cccc(N=O)c3)c(=O)oc2c1. The average molecular weight is 396 g/mol. The topological polar surface area (TPSA) is 109 Å². The van der Waals surface area contributed by atoms with Gasteiger partial charge in [0.1, 0.15) is 17.0 Å². The van der Waals surface area contributed by atoms with Crippen LogP contribution in [0.2, 0.25) is 0 Å². The molecule has 0 aliphatic heterocycles. The van der Waals surface area contributed by atoms with Gasteiger partial charge in [-0.25, -0.2) is 9.59 Å². The molecule has 0 saturated carbocycles. The van der Waals surface area contributed by atoms with Gasteiger partial charge < -0.3 is 19.2 Å². The Balaban J connectivity index is 2.07. The Hall–Kier alpha value is -3.52. The number of aliphatic hydroxyl groups is 1. The molecule has 3 aromatic rings. The summed E-state index contributed by atoms with van der Waals surface area (Å²) < 4.78 is 10.7. The third kappa shape index (κ3) is 4.49. The lowest BCUT2D eigenvalue weighted by molar-refractivity contribution is 0.172. The van der Waals surface area contributed by atoms with E-state index in [4.69, 9.17) is 9.15 Å². The molecule has 0 spiro atoms. The average Bonchev–Trinajstić information content (AvgIpc) is 2.70. The van der Waals surface area contributed by atoms with E-state index in [-0.39, 0.29) is 36.5 Å². The molecular formula is C21H20N2O6. The fourth-order valence-electron chi connectivity index (χ4n) is 3.04. The first-order chi connectivity index (χ1) is 13.9. The minimum atomic E-state index is -0.554. The van der Waals surface area contributed by atoms with Gasteiger partial charge in [-0.15, -0.1) is 4.91 Å². The summed E-state index contributed by atoms with van der Waals surface area (Å²) in [7, 11) is 3.12. The Kier molecular flexibility index (Phi) is 6.04. The number of hydrogen-bond acceptors (Lipinski definition) is 7. The minimum absolute atomic E-state index is 0.154. The number of nitroso groups, excluding NO2 is 1. The number of ether oxygens (including phenoxy) is 1. The fraction of sp³-hybridized carbons (Fsp3) is 0.238. The quantitative estimate of drug-likeness (QED) is 0.505. The molecule has 0 radical (unpaired) electrons. The highest BCUT2D eigenvalue weighted by molar-refractivity contribution is 5.83. The van der Waals surface area contributed by atoms with E-state index in [0.29, 0.717) is 16.5 Å². The molecule has 8 heteroatoms. The standard InChI is InChI=1S/C21H20N2O6/c1-23(2)21(26)28-15-6-7-17-16(8-9-24)18(20(25)29-19(17)12-15)11-13-4-3-5-14(10-13)22-27/h3-7,10,12,24H,8-9,11H2,1-2H3. The fourth-order valence-corrected chi connectivity index (χ4v) is 3.04. The van der Waals surface area contributed by atoms with E-state index >= 15 is 0 Å². The lowest BCUT2D eigenvalue weighted by atomic mass is 9.96. The van der Waals surface area contributed by atoms with E-state index in [1.54, 1.807) is 50.5 Å². The van der Waals surface area contributed by atoms with E-state index in [1.165, 1.54) is 11.0 Å². The van der Waals surface area contributed by atoms with Crippen LogP contribution in [-0.4, -0.2) is 36.8 Å². The smallest absolute Gasteiger partial charge is 0.414 e. The van der Waals surface area contributed by atoms with Crippen LogP contribution in [0.4, 0.5) is 10.5 Å². The Bertz CT molecular complexity index is 1120. The largest absolute Gasteiger partial charge is 0.422 e. The molecule has 150 valence electrons. The Labute approximate surface area is 166 Å². The zero-order valence-electron chi connectivity index (χ0n) is 16.0. The van der Waals surface area contributed by atoms with Crippen molar-refractivity contribution in [3.05, 3.63) is 74.5 Å². The third-order valence-corrected chi connectivity index (χ3v) is 4.42. The number of carbonyl (C=O) groups excluding carboxylic acids is 1. The highest BCUT2D eigenvalue weighted by Gasteiger charge is 2.17. The first-order valence-electron chi connectivity index (χ1n) is 8.94. The predicted molar refractivity (Wildman–Crippen MR) is 108 cm³/mol. The van der Waals surface area contributed by atoms with Gasteiger partial charge in [-0.2, -0.15) is 0 Å². The number of amides is 1. The lowest BCUT2D eigenvalue weighted by Crippen LogP contribution is -2.25. The Morgan fingerprint density at radius 1 is 1.17 bits per heavy atom. The lowest BCUT2D eigenvalue weighted by Gasteiger charge is -2.13. The van der Waals surface area contributed by atoms with Gasteiger partial charge in [0, 0.05) is 44.1 Å². The van der Waals surface area contributed by atoms with Gasteiger partial charge in [0.05, 0.1) is 0 Å². The predicted octanol–water partition coefficient (Wildman–Crippen LogP) is 3.38. The number of nitrogens with zero attached hydrogens (tertiary/aromatic N) is 2. The summed E-state index contributed by atoms with van der Waals surface area (Å²) in [6.45, 7) is -0.154. The molecule has 0 bridgehead atoms. The summed E-state index contributed by atoms with van der Waals surface area (Å²) in [6, 6.07) is 11.4. The van der Waals surface area contributed by atoms with Crippen molar-refractivity contribution in [1.29, 1.82) is 0 Å². The van der Waals surface area contributed by atoms with Gasteiger partial charge >= 0.3 is 11.7 Å². The second kappa shape index (κ2) is 8.66. The summed E-state index contributed by atoms with van der Waals surface area (Å²) in [6.07, 6.45) is -0.0728. The zero-order valence-corrected chi connectivity index (χ0v) is 16.0. The second-order valence-electron chi connectivity index (χ2n) is 6.68. The highest BCUT2D eigenvalue weighted by atomic mass is 16.6. The van der Waals surface area contributed by atoms with Crippen molar-refractivity contribution < 1.29 is 19.1 Å². The molecule has 8 nitrogen and oxygen atoms in total. The van der Waals surface area contributed by atoms with E-state index < -0.39 is 11.7 Å². The van der Waals surface area contributed by atoms with Crippen LogP contribution in [-0.2, 0) is 12.8 Å². The summed E-state index contributed by atoms with van der Waals surface area (Å²) in [5.74, 6) is 0.242. The number of fused-ring (bicyclic) bond motifs is 1. The van der Waals surface area contributed by atoms with Gasteiger partial charge in [0.15, 0.2) is 0 Å². The maximum atomic E-state index is 12.7. The highest BCUT2D eigenvalue weighted by Crippen LogP contribution is 2.27. The molecule has 3 rings (SSSR count). The van der Waals surface area contributed by atoms with Gasteiger partial charge in [0.25, 0.3) is 0 Å². The van der Waals surface area contributed by atoms with Crippen LogP contribution >= 0.6 is 0 Å². The maximum Gasteiger partial charge on any atom is 0.414 e. The van der Waals surface area contributed by atoms with Crippen molar-refractivity contribution in [3.63, 3.8) is 0 Å². The van der Waals surface area contributed by atoms with Crippen molar-refractivity contribution in [2.45, 2.75) is 12.8 Å². The van der Waals surface area contributed by atoms with Crippen LogP contribution in [0.25, 0.3) is 11.0 Å². The first-order valence-corrected chi connectivity index (χ1v) is 8.94. The molecule has 2 aromatic carbocycles. The first kappa shape index (κ1) is 20.2. The van der Waals surface area contributed by atoms with Crippen molar-refractivity contribution in [2.75, 3.05) is 20.7 Å². The molecule has 0 fully saturated rings. The summed E-state index contributed by atoms with van der Waals surface area (Å²) in [5.41, 5.74) is 1.74. The van der Waals surface area contributed by atoms with E-state index in [0.717, 1.165) is 5.56 Å². The van der Waals surface area contributed by atoms with Crippen LogP contribution < -0.4 is 10.4 Å². The minimum Gasteiger partial charge on any atom is -0.422 e. The van der Waals surface area contributed by atoms with E-state index in [1.807, 2.05) is 0 Å². The van der Waals surface area contributed by atoms with Crippen LogP contribution in [0.3, 0.4) is 0 Å². The van der Waals surface area contributed by atoms with Gasteiger partial charge in [-0.05, 0) is 47.0 Å². The summed E-state index contributed by atoms with van der Waals surface area (Å²) in [4.78, 5) is 36.5. The van der Waals surface area contributed by atoms with Crippen molar-refractivity contribution in [2.24, 2.45) is 5.18 Å². The Morgan fingerprint density at radius 3 is 2.66 bits per heavy atom. The van der Waals surface area contributed by atoms with E-state index in [2.05, 4.69) is 5.18 Å². The molecular weight excluding hydrogens is 376 g/mol.